The quantitative estimate of drug-likeness (QED) is 0.666. The number of furan rings is 1. The van der Waals surface area contributed by atoms with Gasteiger partial charge in [0.2, 0.25) is 0 Å². The maximum absolute atomic E-state index is 11.7. The van der Waals surface area contributed by atoms with Gasteiger partial charge in [0.25, 0.3) is 0 Å². The van der Waals surface area contributed by atoms with E-state index in [1.165, 1.54) is 0 Å². The van der Waals surface area contributed by atoms with Gasteiger partial charge in [0.15, 0.2) is 0 Å². The van der Waals surface area contributed by atoms with E-state index in [4.69, 9.17) is 14.9 Å². The van der Waals surface area contributed by atoms with Crippen molar-refractivity contribution in [2.45, 2.75) is 13.8 Å². The molecule has 0 aliphatic rings. The van der Waals surface area contributed by atoms with Crippen LogP contribution in [0.1, 0.15) is 23.0 Å². The molecule has 0 saturated heterocycles. The number of nitrogens with two attached hydrogens (primary N) is 1. The van der Waals surface area contributed by atoms with E-state index in [1.54, 1.807) is 32.0 Å². The number of rotatable bonds is 3. The average Bonchev–Trinajstić information content (AvgIpc) is 2.72. The Hall–Kier alpha value is -2.23. The van der Waals surface area contributed by atoms with Crippen molar-refractivity contribution in [3.63, 3.8) is 0 Å². The second kappa shape index (κ2) is 4.96. The van der Waals surface area contributed by atoms with Crippen molar-refractivity contribution in [2.75, 3.05) is 12.3 Å². The Kier molecular flexibility index (Phi) is 3.37. The first-order valence-electron chi connectivity index (χ1n) is 5.75. The molecule has 0 amide bonds. The first-order valence-corrected chi connectivity index (χ1v) is 5.75. The van der Waals surface area contributed by atoms with Crippen molar-refractivity contribution in [3.8, 4) is 11.3 Å². The minimum atomic E-state index is -0.367. The van der Waals surface area contributed by atoms with Gasteiger partial charge in [-0.15, -0.1) is 0 Å². The number of esters is 1. The van der Waals surface area contributed by atoms with Crippen molar-refractivity contribution >= 4 is 11.7 Å². The molecule has 1 aromatic carbocycles. The van der Waals surface area contributed by atoms with Gasteiger partial charge in [-0.1, -0.05) is 12.1 Å². The smallest absolute Gasteiger partial charge is 0.341 e. The van der Waals surface area contributed by atoms with Crippen molar-refractivity contribution < 1.29 is 13.9 Å². The average molecular weight is 245 g/mol. The van der Waals surface area contributed by atoms with E-state index in [9.17, 15) is 4.79 Å². The molecule has 2 N–H and O–H groups in total. The van der Waals surface area contributed by atoms with E-state index in [2.05, 4.69) is 0 Å². The van der Waals surface area contributed by atoms with E-state index in [0.717, 1.165) is 5.56 Å². The number of nitrogen functional groups attached to an aromatic ring is 1. The molecule has 4 heteroatoms. The molecule has 0 aliphatic carbocycles. The van der Waals surface area contributed by atoms with Gasteiger partial charge in [-0.05, 0) is 32.0 Å². The highest BCUT2D eigenvalue weighted by Gasteiger charge is 2.16. The summed E-state index contributed by atoms with van der Waals surface area (Å²) in [5.74, 6) is 0.794. The van der Waals surface area contributed by atoms with E-state index in [-0.39, 0.29) is 5.97 Å². The predicted molar refractivity (Wildman–Crippen MR) is 69.2 cm³/mol. The molecule has 0 aliphatic heterocycles. The van der Waals surface area contributed by atoms with Crippen molar-refractivity contribution in [1.29, 1.82) is 0 Å². The van der Waals surface area contributed by atoms with E-state index < -0.39 is 0 Å². The molecule has 0 radical (unpaired) electrons. The maximum Gasteiger partial charge on any atom is 0.341 e. The van der Waals surface area contributed by atoms with E-state index >= 15 is 0 Å². The zero-order valence-corrected chi connectivity index (χ0v) is 10.4. The highest BCUT2D eigenvalue weighted by atomic mass is 16.5. The third-order valence-corrected chi connectivity index (χ3v) is 2.58. The van der Waals surface area contributed by atoms with Crippen LogP contribution in [-0.4, -0.2) is 12.6 Å². The molecule has 0 fully saturated rings. The van der Waals surface area contributed by atoms with Crippen LogP contribution in [0, 0.1) is 6.92 Å². The molecule has 1 aromatic heterocycles. The second-order valence-corrected chi connectivity index (χ2v) is 3.93. The zero-order chi connectivity index (χ0) is 13.1. The standard InChI is InChI=1S/C14H15NO3/c1-3-17-14(16)12-8-13(18-9(12)2)10-5-4-6-11(15)7-10/h4-8H,3,15H2,1-2H3. The summed E-state index contributed by atoms with van der Waals surface area (Å²) in [6, 6.07) is 9.00. The largest absolute Gasteiger partial charge is 0.462 e. The van der Waals surface area contributed by atoms with Gasteiger partial charge >= 0.3 is 5.97 Å². The van der Waals surface area contributed by atoms with Crippen LogP contribution < -0.4 is 5.73 Å². The van der Waals surface area contributed by atoms with Crippen molar-refractivity contribution in [1.82, 2.24) is 0 Å². The molecule has 0 bridgehead atoms. The van der Waals surface area contributed by atoms with Crippen LogP contribution in [0.3, 0.4) is 0 Å². The first kappa shape index (κ1) is 12.2. The zero-order valence-electron chi connectivity index (χ0n) is 10.4. The SMILES string of the molecule is CCOC(=O)c1cc(-c2cccc(N)c2)oc1C. The van der Waals surface area contributed by atoms with Crippen LogP contribution in [-0.2, 0) is 4.74 Å². The molecule has 0 spiro atoms. The molecule has 4 nitrogen and oxygen atoms in total. The lowest BCUT2D eigenvalue weighted by Gasteiger charge is -1.97. The Morgan fingerprint density at radius 1 is 1.39 bits per heavy atom. The summed E-state index contributed by atoms with van der Waals surface area (Å²) >= 11 is 0. The molecule has 0 unspecified atom stereocenters. The van der Waals surface area contributed by atoms with E-state index in [1.807, 2.05) is 12.1 Å². The number of benzene rings is 1. The molecule has 18 heavy (non-hydrogen) atoms. The Morgan fingerprint density at radius 2 is 2.17 bits per heavy atom. The van der Waals surface area contributed by atoms with Crippen LogP contribution in [0.15, 0.2) is 34.7 Å². The Morgan fingerprint density at radius 3 is 2.83 bits per heavy atom. The molecule has 2 rings (SSSR count). The van der Waals surface area contributed by atoms with Gasteiger partial charge in [0, 0.05) is 11.3 Å². The monoisotopic (exact) mass is 245 g/mol. The molecular formula is C14H15NO3. The van der Waals surface area contributed by atoms with E-state index in [0.29, 0.717) is 29.4 Å². The summed E-state index contributed by atoms with van der Waals surface area (Å²) in [5, 5.41) is 0. The summed E-state index contributed by atoms with van der Waals surface area (Å²) in [4.78, 5) is 11.7. The topological polar surface area (TPSA) is 65.5 Å². The molecule has 2 aromatic rings. The van der Waals surface area contributed by atoms with Gasteiger partial charge in [-0.2, -0.15) is 0 Å². The number of anilines is 1. The van der Waals surface area contributed by atoms with Crippen molar-refractivity contribution in [2.24, 2.45) is 0 Å². The number of carbonyl (C=O) groups excluding carboxylic acids is 1. The van der Waals surface area contributed by atoms with Crippen LogP contribution in [0.4, 0.5) is 5.69 Å². The third kappa shape index (κ3) is 2.37. The fourth-order valence-electron chi connectivity index (χ4n) is 1.73. The molecule has 1 heterocycles. The Bertz CT molecular complexity index is 572. The third-order valence-electron chi connectivity index (χ3n) is 2.58. The van der Waals surface area contributed by atoms with Gasteiger partial charge in [-0.25, -0.2) is 4.79 Å². The number of hydrogen-bond acceptors (Lipinski definition) is 4. The Labute approximate surface area is 105 Å². The van der Waals surface area contributed by atoms with Gasteiger partial charge < -0.3 is 14.9 Å². The number of ether oxygens (including phenoxy) is 1. The maximum atomic E-state index is 11.7. The Balaban J connectivity index is 2.37. The molecule has 0 saturated carbocycles. The highest BCUT2D eigenvalue weighted by Crippen LogP contribution is 2.27. The van der Waals surface area contributed by atoms with Crippen LogP contribution >= 0.6 is 0 Å². The van der Waals surface area contributed by atoms with Crippen LogP contribution in [0.2, 0.25) is 0 Å². The lowest BCUT2D eigenvalue weighted by Crippen LogP contribution is -2.04. The first-order chi connectivity index (χ1) is 8.61. The summed E-state index contributed by atoms with van der Waals surface area (Å²) in [6.45, 7) is 3.85. The second-order valence-electron chi connectivity index (χ2n) is 3.93. The number of aryl methyl sites for hydroxylation is 1. The van der Waals surface area contributed by atoms with Crippen LogP contribution in [0.25, 0.3) is 11.3 Å². The predicted octanol–water partition coefficient (Wildman–Crippen LogP) is 3.01. The molecule has 0 atom stereocenters. The van der Waals surface area contributed by atoms with Gasteiger partial charge in [0.05, 0.1) is 6.61 Å². The minimum Gasteiger partial charge on any atom is -0.462 e. The number of carbonyl (C=O) groups is 1. The lowest BCUT2D eigenvalue weighted by molar-refractivity contribution is 0.0524. The fourth-order valence-corrected chi connectivity index (χ4v) is 1.73. The summed E-state index contributed by atoms with van der Waals surface area (Å²) in [6.07, 6.45) is 0. The van der Waals surface area contributed by atoms with Crippen LogP contribution in [0.5, 0.6) is 0 Å². The van der Waals surface area contributed by atoms with Gasteiger partial charge in [0.1, 0.15) is 17.1 Å². The molecule has 94 valence electrons. The molecular weight excluding hydrogens is 230 g/mol. The van der Waals surface area contributed by atoms with Gasteiger partial charge in [-0.3, -0.25) is 0 Å². The summed E-state index contributed by atoms with van der Waals surface area (Å²) < 4.78 is 10.5. The summed E-state index contributed by atoms with van der Waals surface area (Å²) in [7, 11) is 0. The number of hydrogen-bond donors (Lipinski definition) is 1. The normalized spacial score (nSPS) is 10.3. The minimum absolute atomic E-state index is 0.344. The fraction of sp³-hybridized carbons (Fsp3) is 0.214. The highest BCUT2D eigenvalue weighted by molar-refractivity contribution is 5.91. The summed E-state index contributed by atoms with van der Waals surface area (Å²) in [5.41, 5.74) is 7.66. The lowest BCUT2D eigenvalue weighted by atomic mass is 10.1. The van der Waals surface area contributed by atoms with Crippen molar-refractivity contribution in [3.05, 3.63) is 41.7 Å².